The second-order valence-electron chi connectivity index (χ2n) is 8.63. The minimum absolute atomic E-state index is 0.0578. The molecule has 0 bridgehead atoms. The van der Waals surface area contributed by atoms with Gasteiger partial charge in [0.05, 0.1) is 11.8 Å². The Kier molecular flexibility index (Phi) is 5.11. The Balaban J connectivity index is 1.28. The maximum Gasteiger partial charge on any atom is 0.226 e. The van der Waals surface area contributed by atoms with Gasteiger partial charge in [-0.1, -0.05) is 19.1 Å². The van der Waals surface area contributed by atoms with Crippen LogP contribution in [0.5, 0.6) is 0 Å². The average molecular weight is 370 g/mol. The van der Waals surface area contributed by atoms with Crippen molar-refractivity contribution in [1.29, 1.82) is 0 Å². The molecule has 1 aliphatic carbocycles. The maximum absolute atomic E-state index is 12.9. The summed E-state index contributed by atoms with van der Waals surface area (Å²) >= 11 is 0. The van der Waals surface area contributed by atoms with Crippen LogP contribution >= 0.6 is 0 Å². The van der Waals surface area contributed by atoms with Gasteiger partial charge >= 0.3 is 0 Å². The van der Waals surface area contributed by atoms with E-state index >= 15 is 0 Å². The molecule has 3 fully saturated rings. The van der Waals surface area contributed by atoms with Crippen LogP contribution in [0.1, 0.15) is 31.7 Å². The van der Waals surface area contributed by atoms with Crippen molar-refractivity contribution >= 4 is 17.5 Å². The molecule has 0 spiro atoms. The molecule has 3 unspecified atom stereocenters. The van der Waals surface area contributed by atoms with Gasteiger partial charge in [-0.25, -0.2) is 0 Å². The highest BCUT2D eigenvalue weighted by molar-refractivity contribution is 5.92. The highest BCUT2D eigenvalue weighted by Crippen LogP contribution is 2.42. The van der Waals surface area contributed by atoms with Crippen LogP contribution in [-0.4, -0.2) is 60.9 Å². The summed E-state index contributed by atoms with van der Waals surface area (Å²) in [4.78, 5) is 31.9. The first-order valence-electron chi connectivity index (χ1n) is 10.4. The van der Waals surface area contributed by atoms with Crippen LogP contribution < -0.4 is 4.90 Å². The Morgan fingerprint density at radius 1 is 0.963 bits per heavy atom. The molecule has 5 nitrogen and oxygen atoms in total. The second-order valence-corrected chi connectivity index (χ2v) is 8.63. The molecule has 1 aromatic carbocycles. The molecule has 3 atom stereocenters. The molecule has 0 aromatic heterocycles. The fraction of sp³-hybridized carbons (Fsp3) is 0.636. The lowest BCUT2D eigenvalue weighted by atomic mass is 10.00. The van der Waals surface area contributed by atoms with Crippen molar-refractivity contribution in [3.05, 3.63) is 29.8 Å². The summed E-state index contributed by atoms with van der Waals surface area (Å²) in [5.41, 5.74) is 2.50. The fourth-order valence-electron chi connectivity index (χ4n) is 4.61. The quantitative estimate of drug-likeness (QED) is 0.822. The van der Waals surface area contributed by atoms with E-state index in [9.17, 15) is 9.59 Å². The van der Waals surface area contributed by atoms with Gasteiger partial charge in [0.1, 0.15) is 0 Å². The lowest BCUT2D eigenvalue weighted by molar-refractivity contribution is -0.139. The number of hydrogen-bond acceptors (Lipinski definition) is 3. The van der Waals surface area contributed by atoms with Gasteiger partial charge in [0.15, 0.2) is 0 Å². The van der Waals surface area contributed by atoms with E-state index in [0.717, 1.165) is 52.1 Å². The standard InChI is InChI=1S/C22H31N3O2/c1-16-5-3-7-18(13-16)23-9-11-24(12-10-23)21(26)19-14-20(19)22(27)25-8-4-6-17(2)15-25/h3,5,7,13,17,19-20H,4,6,8-12,14-15H2,1-2H3. The molecule has 2 aliphatic heterocycles. The number of carbonyl (C=O) groups is 2. The number of hydrogen-bond donors (Lipinski definition) is 0. The minimum atomic E-state index is -0.0692. The summed E-state index contributed by atoms with van der Waals surface area (Å²) in [6.07, 6.45) is 3.06. The molecule has 1 aromatic rings. The predicted molar refractivity (Wildman–Crippen MR) is 107 cm³/mol. The van der Waals surface area contributed by atoms with Gasteiger partial charge in [0, 0.05) is 45.0 Å². The molecule has 0 N–H and O–H groups in total. The molecular weight excluding hydrogens is 338 g/mol. The first kappa shape index (κ1) is 18.3. The first-order chi connectivity index (χ1) is 13.0. The van der Waals surface area contributed by atoms with Gasteiger partial charge in [0.2, 0.25) is 11.8 Å². The van der Waals surface area contributed by atoms with Crippen LogP contribution in [0.25, 0.3) is 0 Å². The number of anilines is 1. The number of nitrogens with zero attached hydrogens (tertiary/aromatic N) is 3. The van der Waals surface area contributed by atoms with Crippen molar-refractivity contribution in [2.45, 2.75) is 33.1 Å². The Morgan fingerprint density at radius 3 is 2.33 bits per heavy atom. The van der Waals surface area contributed by atoms with Crippen molar-refractivity contribution in [1.82, 2.24) is 9.80 Å². The van der Waals surface area contributed by atoms with Crippen molar-refractivity contribution in [3.8, 4) is 0 Å². The second kappa shape index (κ2) is 7.53. The molecule has 2 amide bonds. The molecule has 146 valence electrons. The van der Waals surface area contributed by atoms with E-state index < -0.39 is 0 Å². The third-order valence-corrected chi connectivity index (χ3v) is 6.35. The number of benzene rings is 1. The van der Waals surface area contributed by atoms with E-state index in [-0.39, 0.29) is 23.7 Å². The Hall–Kier alpha value is -2.04. The number of likely N-dealkylation sites (tertiary alicyclic amines) is 1. The lowest BCUT2D eigenvalue weighted by Crippen LogP contribution is -2.49. The fourth-order valence-corrected chi connectivity index (χ4v) is 4.61. The number of piperazine rings is 1. The molecule has 27 heavy (non-hydrogen) atoms. The van der Waals surface area contributed by atoms with E-state index in [1.54, 1.807) is 0 Å². The molecule has 2 heterocycles. The predicted octanol–water partition coefficient (Wildman–Crippen LogP) is 2.54. The van der Waals surface area contributed by atoms with Crippen LogP contribution in [0.2, 0.25) is 0 Å². The SMILES string of the molecule is Cc1cccc(N2CCN(C(=O)C3CC3C(=O)N3CCCC(C)C3)CC2)c1. The van der Waals surface area contributed by atoms with Gasteiger partial charge < -0.3 is 14.7 Å². The van der Waals surface area contributed by atoms with Gasteiger partial charge in [0.25, 0.3) is 0 Å². The molecule has 5 heteroatoms. The Morgan fingerprint density at radius 2 is 1.67 bits per heavy atom. The lowest BCUT2D eigenvalue weighted by Gasteiger charge is -2.36. The van der Waals surface area contributed by atoms with Gasteiger partial charge in [-0.3, -0.25) is 9.59 Å². The smallest absolute Gasteiger partial charge is 0.226 e. The molecule has 3 aliphatic rings. The monoisotopic (exact) mass is 369 g/mol. The summed E-state index contributed by atoms with van der Waals surface area (Å²) in [5.74, 6) is 0.878. The number of amides is 2. The van der Waals surface area contributed by atoms with Crippen LogP contribution in [0.3, 0.4) is 0 Å². The van der Waals surface area contributed by atoms with Crippen LogP contribution in [0.15, 0.2) is 24.3 Å². The van der Waals surface area contributed by atoms with Crippen molar-refractivity contribution in [2.75, 3.05) is 44.2 Å². The van der Waals surface area contributed by atoms with Crippen molar-refractivity contribution < 1.29 is 9.59 Å². The highest BCUT2D eigenvalue weighted by Gasteiger charge is 2.51. The molecule has 4 rings (SSSR count). The van der Waals surface area contributed by atoms with Gasteiger partial charge in [-0.05, 0) is 49.8 Å². The summed E-state index contributed by atoms with van der Waals surface area (Å²) < 4.78 is 0. The summed E-state index contributed by atoms with van der Waals surface area (Å²) in [7, 11) is 0. The number of rotatable bonds is 3. The van der Waals surface area contributed by atoms with Crippen LogP contribution in [-0.2, 0) is 9.59 Å². The van der Waals surface area contributed by atoms with Crippen LogP contribution in [0.4, 0.5) is 5.69 Å². The molecule has 2 saturated heterocycles. The topological polar surface area (TPSA) is 43.9 Å². The zero-order valence-corrected chi connectivity index (χ0v) is 16.6. The highest BCUT2D eigenvalue weighted by atomic mass is 16.2. The van der Waals surface area contributed by atoms with E-state index in [1.165, 1.54) is 17.7 Å². The van der Waals surface area contributed by atoms with E-state index in [0.29, 0.717) is 5.92 Å². The average Bonchev–Trinajstić information content (AvgIpc) is 3.48. The molecule has 1 saturated carbocycles. The molecule has 0 radical (unpaired) electrons. The first-order valence-corrected chi connectivity index (χ1v) is 10.4. The number of aryl methyl sites for hydroxylation is 1. The zero-order valence-electron chi connectivity index (χ0n) is 16.6. The largest absolute Gasteiger partial charge is 0.368 e. The summed E-state index contributed by atoms with van der Waals surface area (Å²) in [6.45, 7) is 9.30. The Labute approximate surface area is 162 Å². The molecular formula is C22H31N3O2. The third kappa shape index (κ3) is 3.97. The van der Waals surface area contributed by atoms with E-state index in [2.05, 4.69) is 43.0 Å². The normalized spacial score (nSPS) is 28.2. The Bertz CT molecular complexity index is 711. The van der Waals surface area contributed by atoms with Gasteiger partial charge in [-0.15, -0.1) is 0 Å². The zero-order chi connectivity index (χ0) is 19.0. The number of carbonyl (C=O) groups excluding carboxylic acids is 2. The maximum atomic E-state index is 12.9. The number of piperidine rings is 1. The van der Waals surface area contributed by atoms with E-state index in [4.69, 9.17) is 0 Å². The summed E-state index contributed by atoms with van der Waals surface area (Å²) in [6, 6.07) is 8.53. The third-order valence-electron chi connectivity index (χ3n) is 6.35. The minimum Gasteiger partial charge on any atom is -0.368 e. The van der Waals surface area contributed by atoms with Gasteiger partial charge in [-0.2, -0.15) is 0 Å². The van der Waals surface area contributed by atoms with E-state index in [1.807, 2.05) is 9.80 Å². The van der Waals surface area contributed by atoms with Crippen molar-refractivity contribution in [2.24, 2.45) is 17.8 Å². The van der Waals surface area contributed by atoms with Crippen molar-refractivity contribution in [3.63, 3.8) is 0 Å². The summed E-state index contributed by atoms with van der Waals surface area (Å²) in [5, 5.41) is 0. The van der Waals surface area contributed by atoms with Crippen LogP contribution in [0, 0.1) is 24.7 Å².